The van der Waals surface area contributed by atoms with E-state index in [1.807, 2.05) is 0 Å². The number of aromatic nitrogens is 2. The quantitative estimate of drug-likeness (QED) is 0.881. The number of aromatic amines is 1. The molecule has 0 bridgehead atoms. The molecule has 0 radical (unpaired) electrons. The van der Waals surface area contributed by atoms with Gasteiger partial charge in [0.15, 0.2) is 5.82 Å². The number of hydrogen-bond donors (Lipinski definition) is 2. The number of carbonyl (C=O) groups is 2. The number of nitrogens with one attached hydrogen (secondary N) is 2. The first-order chi connectivity index (χ1) is 11.5. The van der Waals surface area contributed by atoms with E-state index < -0.39 is 11.7 Å². The van der Waals surface area contributed by atoms with E-state index in [0.717, 1.165) is 6.42 Å². The summed E-state index contributed by atoms with van der Waals surface area (Å²) in [4.78, 5) is 25.9. The summed E-state index contributed by atoms with van der Waals surface area (Å²) in [5.41, 5.74) is 0.530. The first-order valence-corrected chi connectivity index (χ1v) is 8.18. The first-order valence-electron chi connectivity index (χ1n) is 8.18. The minimum atomic E-state index is -0.436. The predicted octanol–water partition coefficient (Wildman–Crippen LogP) is 2.22. The third-order valence-electron chi connectivity index (χ3n) is 4.29. The van der Waals surface area contributed by atoms with Gasteiger partial charge in [0, 0.05) is 19.5 Å². The van der Waals surface area contributed by atoms with Crippen LogP contribution in [0.5, 0.6) is 0 Å². The molecule has 1 atom stereocenters. The Morgan fingerprint density at radius 2 is 2.29 bits per heavy atom. The fourth-order valence-corrected chi connectivity index (χ4v) is 2.93. The van der Waals surface area contributed by atoms with Gasteiger partial charge in [0.05, 0.1) is 16.8 Å². The number of hydrogen-bond acceptors (Lipinski definition) is 3. The number of amides is 2. The minimum absolute atomic E-state index is 0.121. The highest BCUT2D eigenvalue weighted by Crippen LogP contribution is 2.31. The van der Waals surface area contributed by atoms with Gasteiger partial charge in [-0.1, -0.05) is 19.9 Å². The topological polar surface area (TPSA) is 78.1 Å². The summed E-state index contributed by atoms with van der Waals surface area (Å²) in [7, 11) is 0. The maximum Gasteiger partial charge on any atom is 0.229 e. The molecule has 1 aliphatic heterocycles. The molecule has 1 aromatic heterocycles. The molecular weight excluding hydrogens is 311 g/mol. The number of benzene rings is 1. The van der Waals surface area contributed by atoms with Crippen LogP contribution < -0.4 is 10.2 Å². The van der Waals surface area contributed by atoms with Crippen LogP contribution in [0.15, 0.2) is 18.2 Å². The Bertz CT molecular complexity index is 771. The summed E-state index contributed by atoms with van der Waals surface area (Å²) in [5.74, 6) is -0.449. The van der Waals surface area contributed by atoms with Crippen LogP contribution >= 0.6 is 0 Å². The molecule has 1 aromatic carbocycles. The van der Waals surface area contributed by atoms with Gasteiger partial charge in [-0.25, -0.2) is 4.39 Å². The summed E-state index contributed by atoms with van der Waals surface area (Å²) in [5, 5.41) is 9.96. The highest BCUT2D eigenvalue weighted by Gasteiger charge is 2.37. The summed E-state index contributed by atoms with van der Waals surface area (Å²) in [6.07, 6.45) is 1.02. The van der Waals surface area contributed by atoms with Crippen LogP contribution in [0.4, 0.5) is 10.2 Å². The van der Waals surface area contributed by atoms with Crippen molar-refractivity contribution >= 4 is 28.5 Å². The van der Waals surface area contributed by atoms with E-state index >= 15 is 0 Å². The van der Waals surface area contributed by atoms with Crippen LogP contribution in [0.25, 0.3) is 10.9 Å². The van der Waals surface area contributed by atoms with Crippen LogP contribution in [0, 0.1) is 17.7 Å². The van der Waals surface area contributed by atoms with Crippen LogP contribution in [0.3, 0.4) is 0 Å². The van der Waals surface area contributed by atoms with Gasteiger partial charge < -0.3 is 5.32 Å². The first kappa shape index (κ1) is 16.4. The van der Waals surface area contributed by atoms with Crippen LogP contribution in [-0.4, -0.2) is 35.1 Å². The second-order valence-corrected chi connectivity index (χ2v) is 6.59. The fourth-order valence-electron chi connectivity index (χ4n) is 2.93. The Morgan fingerprint density at radius 3 is 3.04 bits per heavy atom. The van der Waals surface area contributed by atoms with Crippen LogP contribution in [0.2, 0.25) is 0 Å². The van der Waals surface area contributed by atoms with Crippen LogP contribution in [0.1, 0.15) is 26.7 Å². The molecule has 2 aromatic rings. The Balaban J connectivity index is 1.74. The average molecular weight is 332 g/mol. The summed E-state index contributed by atoms with van der Waals surface area (Å²) in [6, 6.07) is 4.61. The lowest BCUT2D eigenvalue weighted by Crippen LogP contribution is -2.34. The smallest absolute Gasteiger partial charge is 0.229 e. The van der Waals surface area contributed by atoms with E-state index in [1.54, 1.807) is 12.1 Å². The van der Waals surface area contributed by atoms with E-state index in [0.29, 0.717) is 18.0 Å². The van der Waals surface area contributed by atoms with E-state index in [2.05, 4.69) is 29.4 Å². The molecule has 1 unspecified atom stereocenters. The van der Waals surface area contributed by atoms with Gasteiger partial charge in [0.2, 0.25) is 11.8 Å². The molecule has 24 heavy (non-hydrogen) atoms. The lowest BCUT2D eigenvalue weighted by molar-refractivity contribution is -0.126. The Morgan fingerprint density at radius 1 is 1.50 bits per heavy atom. The highest BCUT2D eigenvalue weighted by atomic mass is 19.1. The number of nitrogens with zero attached hydrogens (tertiary/aromatic N) is 2. The summed E-state index contributed by atoms with van der Waals surface area (Å²) in [6.45, 7) is 5.00. The monoisotopic (exact) mass is 332 g/mol. The van der Waals surface area contributed by atoms with Crippen molar-refractivity contribution in [3.8, 4) is 0 Å². The molecule has 0 saturated carbocycles. The molecule has 1 aliphatic rings. The molecule has 0 spiro atoms. The lowest BCUT2D eigenvalue weighted by Gasteiger charge is -2.14. The van der Waals surface area contributed by atoms with Gasteiger partial charge in [-0.05, 0) is 24.5 Å². The van der Waals surface area contributed by atoms with Gasteiger partial charge in [-0.3, -0.25) is 19.6 Å². The van der Waals surface area contributed by atoms with Gasteiger partial charge in [-0.2, -0.15) is 5.10 Å². The van der Waals surface area contributed by atoms with Crippen molar-refractivity contribution in [2.75, 3.05) is 18.0 Å². The largest absolute Gasteiger partial charge is 0.356 e. The van der Waals surface area contributed by atoms with Gasteiger partial charge in [0.25, 0.3) is 0 Å². The number of carbonyl (C=O) groups excluding carboxylic acids is 2. The maximum atomic E-state index is 14.1. The normalized spacial score (nSPS) is 17.9. The van der Waals surface area contributed by atoms with Crippen LogP contribution in [-0.2, 0) is 9.59 Å². The number of H-pyrrole nitrogens is 1. The van der Waals surface area contributed by atoms with Gasteiger partial charge in [0.1, 0.15) is 5.82 Å². The molecule has 0 aliphatic carbocycles. The third kappa shape index (κ3) is 3.11. The third-order valence-corrected chi connectivity index (χ3v) is 4.29. The predicted molar refractivity (Wildman–Crippen MR) is 89.0 cm³/mol. The molecule has 3 rings (SSSR count). The second-order valence-electron chi connectivity index (χ2n) is 6.59. The zero-order valence-corrected chi connectivity index (χ0v) is 13.8. The number of fused-ring (bicyclic) bond motifs is 1. The Hall–Kier alpha value is -2.44. The zero-order chi connectivity index (χ0) is 17.3. The lowest BCUT2D eigenvalue weighted by atomic mass is 10.1. The molecular formula is C17H21FN4O2. The van der Waals surface area contributed by atoms with E-state index in [9.17, 15) is 14.0 Å². The maximum absolute atomic E-state index is 14.1. The number of halogens is 1. The SMILES string of the molecule is CC(C)CCNC(=O)C1CC(=O)N(c2n[nH]c3cccc(F)c23)C1. The summed E-state index contributed by atoms with van der Waals surface area (Å²) >= 11 is 0. The van der Waals surface area contributed by atoms with Gasteiger partial charge >= 0.3 is 0 Å². The van der Waals surface area contributed by atoms with Gasteiger partial charge in [-0.15, -0.1) is 0 Å². The Labute approximate surface area is 139 Å². The molecule has 2 amide bonds. The molecule has 2 N–H and O–H groups in total. The van der Waals surface area contributed by atoms with Crippen molar-refractivity contribution in [3.63, 3.8) is 0 Å². The van der Waals surface area contributed by atoms with Crippen molar-refractivity contribution in [2.24, 2.45) is 11.8 Å². The molecule has 6 nitrogen and oxygen atoms in total. The van der Waals surface area contributed by atoms with E-state index in [4.69, 9.17) is 0 Å². The van der Waals surface area contributed by atoms with E-state index in [1.165, 1.54) is 11.0 Å². The average Bonchev–Trinajstić information content (AvgIpc) is 3.11. The Kier molecular flexibility index (Phi) is 4.51. The van der Waals surface area contributed by atoms with E-state index in [-0.39, 0.29) is 36.0 Å². The van der Waals surface area contributed by atoms with Crippen molar-refractivity contribution in [1.29, 1.82) is 0 Å². The second kappa shape index (κ2) is 6.59. The van der Waals surface area contributed by atoms with Crippen molar-refractivity contribution in [1.82, 2.24) is 15.5 Å². The number of anilines is 1. The zero-order valence-electron chi connectivity index (χ0n) is 13.8. The summed E-state index contributed by atoms with van der Waals surface area (Å²) < 4.78 is 14.1. The molecule has 2 heterocycles. The highest BCUT2D eigenvalue weighted by molar-refractivity contribution is 6.05. The minimum Gasteiger partial charge on any atom is -0.356 e. The molecule has 128 valence electrons. The van der Waals surface area contributed by atoms with Crippen molar-refractivity contribution in [2.45, 2.75) is 26.7 Å². The molecule has 7 heteroatoms. The number of rotatable bonds is 5. The van der Waals surface area contributed by atoms with Crippen molar-refractivity contribution < 1.29 is 14.0 Å². The van der Waals surface area contributed by atoms with Crippen molar-refractivity contribution in [3.05, 3.63) is 24.0 Å². The molecule has 1 saturated heterocycles. The molecule has 1 fully saturated rings. The standard InChI is InChI=1S/C17H21FN4O2/c1-10(2)6-7-19-17(24)11-8-14(23)22(9-11)16-15-12(18)4-3-5-13(15)20-21-16/h3-5,10-11H,6-9H2,1-2H3,(H,19,24)(H,20,21). The fraction of sp³-hybridized carbons (Fsp3) is 0.471.